The van der Waals surface area contributed by atoms with Crippen molar-refractivity contribution in [2.75, 3.05) is 0 Å². The second kappa shape index (κ2) is 10.1. The summed E-state index contributed by atoms with van der Waals surface area (Å²) in [5.74, 6) is -3.97. The number of carbonyl (C=O) groups excluding carboxylic acids is 1. The average molecular weight is 351 g/mol. The van der Waals surface area contributed by atoms with Crippen molar-refractivity contribution in [3.8, 4) is 0 Å². The molecule has 19 heavy (non-hydrogen) atoms. The van der Waals surface area contributed by atoms with Gasteiger partial charge in [-0.3, -0.25) is 4.79 Å². The molecule has 0 aromatic heterocycles. The van der Waals surface area contributed by atoms with Crippen LogP contribution in [0.2, 0.25) is 0 Å². The van der Waals surface area contributed by atoms with Gasteiger partial charge in [-0.05, 0) is 26.0 Å². The summed E-state index contributed by atoms with van der Waals surface area (Å²) in [4.78, 5) is 33.5. The number of hydrogen-bond donors (Lipinski definition) is 2. The molecule has 0 atom stereocenters. The van der Waals surface area contributed by atoms with E-state index in [0.717, 1.165) is 12.2 Å². The summed E-state index contributed by atoms with van der Waals surface area (Å²) in [5, 5.41) is 17.7. The minimum atomic E-state index is -1.47. The van der Waals surface area contributed by atoms with E-state index in [2.05, 4.69) is 0 Å². The number of rotatable bonds is 6. The van der Waals surface area contributed by atoms with E-state index in [4.69, 9.17) is 10.2 Å². The van der Waals surface area contributed by atoms with E-state index in [9.17, 15) is 14.4 Å². The fourth-order valence-electron chi connectivity index (χ4n) is 1.02. The first kappa shape index (κ1) is 19.5. The standard InChI is InChI=1S/C13H14O5.Ru/c1-3-5-7-9(12(15)16)11(14)10(13(17)18)8-6-4-2;/h3-8H,1-2H3,(H,15,16)(H,17,18);/b5-3+,6-4+,9-7+,10-8+;. The van der Waals surface area contributed by atoms with Gasteiger partial charge in [0.25, 0.3) is 0 Å². The van der Waals surface area contributed by atoms with Crippen molar-refractivity contribution in [1.82, 2.24) is 0 Å². The molecule has 0 aliphatic carbocycles. The number of carboxylic acids is 2. The van der Waals surface area contributed by atoms with E-state index >= 15 is 0 Å². The molecule has 2 N–H and O–H groups in total. The number of hydrogen-bond acceptors (Lipinski definition) is 3. The van der Waals surface area contributed by atoms with Crippen molar-refractivity contribution in [3.63, 3.8) is 0 Å². The van der Waals surface area contributed by atoms with Crippen LogP contribution in [0.25, 0.3) is 0 Å². The van der Waals surface area contributed by atoms with Crippen molar-refractivity contribution in [2.24, 2.45) is 0 Å². The molecule has 6 heteroatoms. The van der Waals surface area contributed by atoms with E-state index in [1.165, 1.54) is 24.3 Å². The Morgan fingerprint density at radius 2 is 1.11 bits per heavy atom. The average Bonchev–Trinajstić information content (AvgIpc) is 2.29. The molecule has 5 nitrogen and oxygen atoms in total. The SMILES string of the molecule is C/C=C/C=C(/C(=O)O)C(=O)/C(=C\C=C\C)C(=O)O.[Ru]. The molecule has 0 aliphatic heterocycles. The van der Waals surface area contributed by atoms with Crippen LogP contribution in [-0.2, 0) is 33.9 Å². The molecule has 0 saturated heterocycles. The predicted molar refractivity (Wildman–Crippen MR) is 66.1 cm³/mol. The second-order valence-electron chi connectivity index (χ2n) is 3.15. The van der Waals surface area contributed by atoms with Crippen LogP contribution >= 0.6 is 0 Å². The largest absolute Gasteiger partial charge is 0.478 e. The normalized spacial score (nSPS) is 12.5. The zero-order valence-corrected chi connectivity index (χ0v) is 12.2. The maximum Gasteiger partial charge on any atom is 0.339 e. The Labute approximate surface area is 123 Å². The van der Waals surface area contributed by atoms with Crippen molar-refractivity contribution in [2.45, 2.75) is 13.8 Å². The summed E-state index contributed by atoms with van der Waals surface area (Å²) in [7, 11) is 0. The molecular formula is C13H14O5Ru. The van der Waals surface area contributed by atoms with Gasteiger partial charge in [-0.1, -0.05) is 24.3 Å². The van der Waals surface area contributed by atoms with Crippen LogP contribution in [0.5, 0.6) is 0 Å². The van der Waals surface area contributed by atoms with Crippen LogP contribution in [0.4, 0.5) is 0 Å². The number of allylic oxidation sites excluding steroid dienone is 6. The van der Waals surface area contributed by atoms with Gasteiger partial charge in [0.2, 0.25) is 5.78 Å². The van der Waals surface area contributed by atoms with Crippen LogP contribution < -0.4 is 0 Å². The molecule has 0 amide bonds. The van der Waals surface area contributed by atoms with Gasteiger partial charge in [-0.15, -0.1) is 0 Å². The Morgan fingerprint density at radius 3 is 1.32 bits per heavy atom. The Kier molecular flexibility index (Phi) is 10.4. The van der Waals surface area contributed by atoms with Gasteiger partial charge in [-0.2, -0.15) is 0 Å². The molecule has 0 aliphatic rings. The zero-order chi connectivity index (χ0) is 14.1. The summed E-state index contributed by atoms with van der Waals surface area (Å²) < 4.78 is 0. The Hall–Kier alpha value is -1.81. The van der Waals surface area contributed by atoms with Gasteiger partial charge >= 0.3 is 11.9 Å². The van der Waals surface area contributed by atoms with E-state index in [0.29, 0.717) is 0 Å². The summed E-state index contributed by atoms with van der Waals surface area (Å²) >= 11 is 0. The second-order valence-corrected chi connectivity index (χ2v) is 3.15. The summed E-state index contributed by atoms with van der Waals surface area (Å²) in [6.07, 6.45) is 7.92. The van der Waals surface area contributed by atoms with Gasteiger partial charge in [0.1, 0.15) is 11.1 Å². The monoisotopic (exact) mass is 352 g/mol. The van der Waals surface area contributed by atoms with Crippen molar-refractivity contribution >= 4 is 17.7 Å². The van der Waals surface area contributed by atoms with Crippen molar-refractivity contribution in [3.05, 3.63) is 47.6 Å². The molecular weight excluding hydrogens is 337 g/mol. The van der Waals surface area contributed by atoms with Gasteiger partial charge in [0, 0.05) is 19.5 Å². The molecule has 0 radical (unpaired) electrons. The minimum Gasteiger partial charge on any atom is -0.478 e. The number of carboxylic acid groups (broad SMARTS) is 2. The number of ketones is 1. The van der Waals surface area contributed by atoms with E-state index in [-0.39, 0.29) is 19.5 Å². The van der Waals surface area contributed by atoms with Crippen LogP contribution in [-0.4, -0.2) is 27.9 Å². The fraction of sp³-hybridized carbons (Fsp3) is 0.154. The topological polar surface area (TPSA) is 91.7 Å². The zero-order valence-electron chi connectivity index (χ0n) is 10.4. The quantitative estimate of drug-likeness (QED) is 0.250. The Morgan fingerprint density at radius 1 is 0.789 bits per heavy atom. The molecule has 0 rings (SSSR count). The smallest absolute Gasteiger partial charge is 0.339 e. The summed E-state index contributed by atoms with van der Waals surface area (Å²) in [6, 6.07) is 0. The van der Waals surface area contributed by atoms with Gasteiger partial charge in [-0.25, -0.2) is 9.59 Å². The van der Waals surface area contributed by atoms with Crippen LogP contribution in [0.3, 0.4) is 0 Å². The maximum absolute atomic E-state index is 11.8. The Bertz CT molecular complexity index is 427. The van der Waals surface area contributed by atoms with E-state index in [1.807, 2.05) is 0 Å². The van der Waals surface area contributed by atoms with Gasteiger partial charge in [0.05, 0.1) is 0 Å². The molecule has 0 fully saturated rings. The molecule has 0 heterocycles. The first-order chi connectivity index (χ1) is 8.45. The van der Waals surface area contributed by atoms with Crippen LogP contribution in [0.1, 0.15) is 13.8 Å². The fourth-order valence-corrected chi connectivity index (χ4v) is 1.02. The first-order valence-corrected chi connectivity index (χ1v) is 5.12. The number of carbonyl (C=O) groups is 3. The molecule has 0 bridgehead atoms. The molecule has 0 aromatic carbocycles. The third kappa shape index (κ3) is 6.62. The molecule has 0 spiro atoms. The first-order valence-electron chi connectivity index (χ1n) is 5.12. The number of Topliss-reactive ketones (excluding diaryl/α,β-unsaturated/α-hetero) is 1. The predicted octanol–water partition coefficient (Wildman–Crippen LogP) is 1.73. The van der Waals surface area contributed by atoms with Crippen molar-refractivity contribution in [1.29, 1.82) is 0 Å². The van der Waals surface area contributed by atoms with Gasteiger partial charge < -0.3 is 10.2 Å². The van der Waals surface area contributed by atoms with Crippen molar-refractivity contribution < 1.29 is 44.1 Å². The van der Waals surface area contributed by atoms with Crippen LogP contribution in [0.15, 0.2) is 47.6 Å². The summed E-state index contributed by atoms with van der Waals surface area (Å²) in [6.45, 7) is 3.29. The van der Waals surface area contributed by atoms with E-state index < -0.39 is 28.9 Å². The molecule has 0 saturated carbocycles. The van der Waals surface area contributed by atoms with Gasteiger partial charge in [0.15, 0.2) is 0 Å². The third-order valence-electron chi connectivity index (χ3n) is 1.86. The maximum atomic E-state index is 11.8. The molecule has 0 aromatic rings. The Balaban J connectivity index is 0. The molecule has 104 valence electrons. The number of aliphatic carboxylic acids is 2. The van der Waals surface area contributed by atoms with Crippen LogP contribution in [0, 0.1) is 0 Å². The minimum absolute atomic E-state index is 0. The third-order valence-corrected chi connectivity index (χ3v) is 1.86. The van der Waals surface area contributed by atoms with E-state index in [1.54, 1.807) is 13.8 Å². The summed E-state index contributed by atoms with van der Waals surface area (Å²) in [5.41, 5.74) is -1.18. The molecule has 0 unspecified atom stereocenters.